The van der Waals surface area contributed by atoms with Gasteiger partial charge in [-0.3, -0.25) is 4.79 Å². The van der Waals surface area contributed by atoms with Crippen LogP contribution in [0.1, 0.15) is 73.6 Å². The van der Waals surface area contributed by atoms with Gasteiger partial charge in [0, 0.05) is 6.42 Å². The Morgan fingerprint density at radius 3 is 1.92 bits per heavy atom. The van der Waals surface area contributed by atoms with Gasteiger partial charge in [-0.15, -0.1) is 0 Å². The Balaban J connectivity index is 4.09. The number of esters is 1. The highest BCUT2D eigenvalue weighted by Gasteiger charge is 2.23. The number of ether oxygens (including phenoxy) is 2. The lowest BCUT2D eigenvalue weighted by molar-refractivity contribution is -0.155. The van der Waals surface area contributed by atoms with E-state index in [0.717, 1.165) is 0 Å². The number of carboxylic acid groups (broad SMARTS) is 1. The summed E-state index contributed by atoms with van der Waals surface area (Å²) >= 11 is 0. The Bertz CT molecular complexity index is 433. The summed E-state index contributed by atoms with van der Waals surface area (Å²) in [5.41, 5.74) is -1.18. The largest absolute Gasteiger partial charge is 0.480 e. The molecule has 1 amide bonds. The minimum absolute atomic E-state index is 0.260. The first kappa shape index (κ1) is 22.2. The van der Waals surface area contributed by atoms with Crippen LogP contribution in [-0.2, 0) is 19.1 Å². The predicted octanol–water partition coefficient (Wildman–Crippen LogP) is 3.26. The topological polar surface area (TPSA) is 102 Å². The van der Waals surface area contributed by atoms with E-state index in [9.17, 15) is 14.4 Å². The van der Waals surface area contributed by atoms with Crippen LogP contribution in [0.15, 0.2) is 0 Å². The van der Waals surface area contributed by atoms with Crippen LogP contribution in [0, 0.1) is 0 Å². The molecular formula is C17H31NO6. The number of alkyl carbamates (subject to hydrolysis) is 1. The van der Waals surface area contributed by atoms with Crippen molar-refractivity contribution in [2.24, 2.45) is 0 Å². The van der Waals surface area contributed by atoms with Gasteiger partial charge in [0.1, 0.15) is 17.2 Å². The fraction of sp³-hybridized carbons (Fsp3) is 0.824. The second-order valence-corrected chi connectivity index (χ2v) is 7.72. The summed E-state index contributed by atoms with van der Waals surface area (Å²) in [6.07, 6.45) is 1.71. The smallest absolute Gasteiger partial charge is 0.408 e. The van der Waals surface area contributed by atoms with Gasteiger partial charge < -0.3 is 19.9 Å². The van der Waals surface area contributed by atoms with E-state index >= 15 is 0 Å². The maximum absolute atomic E-state index is 11.6. The van der Waals surface area contributed by atoms with Crippen molar-refractivity contribution >= 4 is 18.0 Å². The number of rotatable bonds is 8. The highest BCUT2D eigenvalue weighted by atomic mass is 16.6. The first-order valence-corrected chi connectivity index (χ1v) is 8.24. The van der Waals surface area contributed by atoms with E-state index in [-0.39, 0.29) is 12.4 Å². The normalized spacial score (nSPS) is 13.1. The molecule has 7 nitrogen and oxygen atoms in total. The Kier molecular flexibility index (Phi) is 8.78. The summed E-state index contributed by atoms with van der Waals surface area (Å²) in [6, 6.07) is -0.999. The van der Waals surface area contributed by atoms with Crippen molar-refractivity contribution in [3.05, 3.63) is 0 Å². The van der Waals surface area contributed by atoms with Crippen molar-refractivity contribution in [2.75, 3.05) is 0 Å². The van der Waals surface area contributed by atoms with Crippen molar-refractivity contribution < 1.29 is 29.0 Å². The molecule has 0 heterocycles. The number of hydrogen-bond donors (Lipinski definition) is 2. The van der Waals surface area contributed by atoms with Gasteiger partial charge in [-0.25, -0.2) is 9.59 Å². The molecule has 0 fully saturated rings. The van der Waals surface area contributed by atoms with Crippen LogP contribution in [0.4, 0.5) is 4.79 Å². The lowest BCUT2D eigenvalue weighted by Crippen LogP contribution is -2.43. The number of nitrogens with one attached hydrogen (secondary N) is 1. The third-order valence-corrected chi connectivity index (χ3v) is 2.78. The molecule has 0 radical (unpaired) electrons. The molecule has 0 rings (SSSR count). The minimum atomic E-state index is -1.10. The van der Waals surface area contributed by atoms with Crippen molar-refractivity contribution in [3.8, 4) is 0 Å². The van der Waals surface area contributed by atoms with Gasteiger partial charge in [0.25, 0.3) is 0 Å². The molecule has 0 spiro atoms. The molecule has 2 N–H and O–H groups in total. The summed E-state index contributed by atoms with van der Waals surface area (Å²) < 4.78 is 10.2. The maximum atomic E-state index is 11.6. The number of unbranched alkanes of at least 4 members (excludes halogenated alkanes) is 2. The molecule has 0 saturated heterocycles. The number of carboxylic acids is 1. The average Bonchev–Trinajstić information content (AvgIpc) is 2.32. The molecule has 1 atom stereocenters. The summed E-state index contributed by atoms with van der Waals surface area (Å²) in [4.78, 5) is 34.4. The Labute approximate surface area is 144 Å². The summed E-state index contributed by atoms with van der Waals surface area (Å²) in [5.74, 6) is -1.36. The zero-order valence-electron chi connectivity index (χ0n) is 15.6. The zero-order chi connectivity index (χ0) is 19.0. The van der Waals surface area contributed by atoms with E-state index < -0.39 is 29.3 Å². The van der Waals surface area contributed by atoms with Crippen LogP contribution in [0.5, 0.6) is 0 Å². The number of carbonyl (C=O) groups is 3. The van der Waals surface area contributed by atoms with Crippen molar-refractivity contribution in [2.45, 2.75) is 90.9 Å². The molecule has 7 heteroatoms. The number of hydrogen-bond acceptors (Lipinski definition) is 5. The van der Waals surface area contributed by atoms with Crippen LogP contribution in [-0.4, -0.2) is 40.4 Å². The molecule has 0 aliphatic carbocycles. The molecule has 140 valence electrons. The molecule has 0 bridgehead atoms. The van der Waals surface area contributed by atoms with E-state index in [1.54, 1.807) is 20.8 Å². The third kappa shape index (κ3) is 12.7. The highest BCUT2D eigenvalue weighted by Crippen LogP contribution is 2.12. The monoisotopic (exact) mass is 345 g/mol. The average molecular weight is 345 g/mol. The zero-order valence-corrected chi connectivity index (χ0v) is 15.6. The van der Waals surface area contributed by atoms with E-state index in [4.69, 9.17) is 14.6 Å². The molecule has 0 aliphatic heterocycles. The quantitative estimate of drug-likeness (QED) is 0.517. The van der Waals surface area contributed by atoms with Crippen LogP contribution in [0.25, 0.3) is 0 Å². The predicted molar refractivity (Wildman–Crippen MR) is 89.7 cm³/mol. The van der Waals surface area contributed by atoms with Crippen molar-refractivity contribution in [3.63, 3.8) is 0 Å². The molecular weight excluding hydrogens is 314 g/mol. The van der Waals surface area contributed by atoms with E-state index in [2.05, 4.69) is 5.32 Å². The van der Waals surface area contributed by atoms with Crippen LogP contribution in [0.3, 0.4) is 0 Å². The summed E-state index contributed by atoms with van der Waals surface area (Å²) in [5, 5.41) is 11.5. The van der Waals surface area contributed by atoms with Crippen molar-refractivity contribution in [1.82, 2.24) is 5.32 Å². The fourth-order valence-electron chi connectivity index (χ4n) is 1.89. The minimum Gasteiger partial charge on any atom is -0.480 e. The van der Waals surface area contributed by atoms with Gasteiger partial charge in [0.2, 0.25) is 0 Å². The van der Waals surface area contributed by atoms with E-state index in [1.807, 2.05) is 20.8 Å². The first-order valence-electron chi connectivity index (χ1n) is 8.24. The summed E-state index contributed by atoms with van der Waals surface area (Å²) in [7, 11) is 0. The fourth-order valence-corrected chi connectivity index (χ4v) is 1.89. The van der Waals surface area contributed by atoms with Crippen molar-refractivity contribution in [1.29, 1.82) is 0 Å². The van der Waals surface area contributed by atoms with Crippen LogP contribution >= 0.6 is 0 Å². The van der Waals surface area contributed by atoms with Crippen LogP contribution < -0.4 is 5.32 Å². The number of amides is 1. The first-order chi connectivity index (χ1) is 10.8. The van der Waals surface area contributed by atoms with Gasteiger partial charge in [-0.2, -0.15) is 0 Å². The lowest BCUT2D eigenvalue weighted by atomic mass is 10.1. The number of aliphatic carboxylic acids is 1. The molecule has 0 aromatic carbocycles. The molecule has 0 aromatic heterocycles. The summed E-state index contributed by atoms with van der Waals surface area (Å²) in [6.45, 7) is 10.6. The third-order valence-electron chi connectivity index (χ3n) is 2.78. The van der Waals surface area contributed by atoms with Gasteiger partial charge in [0.15, 0.2) is 0 Å². The van der Waals surface area contributed by atoms with E-state index in [1.165, 1.54) is 0 Å². The Hall–Kier alpha value is -1.79. The molecule has 24 heavy (non-hydrogen) atoms. The highest BCUT2D eigenvalue weighted by molar-refractivity contribution is 5.79. The van der Waals surface area contributed by atoms with Gasteiger partial charge >= 0.3 is 18.0 Å². The van der Waals surface area contributed by atoms with Crippen LogP contribution in [0.2, 0.25) is 0 Å². The SMILES string of the molecule is CC(C)(C)OC(=O)CCCCC[C@H](NC(=O)OC(C)(C)C)C(=O)O. The Morgan fingerprint density at radius 1 is 0.917 bits per heavy atom. The van der Waals surface area contributed by atoms with E-state index in [0.29, 0.717) is 25.7 Å². The second-order valence-electron chi connectivity index (χ2n) is 7.72. The second kappa shape index (κ2) is 9.49. The standard InChI is InChI=1S/C17H31NO6/c1-16(2,3)23-13(19)11-9-7-8-10-12(14(20)21)18-15(22)24-17(4,5)6/h12H,7-11H2,1-6H3,(H,18,22)(H,20,21)/t12-/m0/s1. The molecule has 0 unspecified atom stereocenters. The van der Waals surface area contributed by atoms with Gasteiger partial charge in [-0.05, 0) is 54.4 Å². The van der Waals surface area contributed by atoms with Gasteiger partial charge in [-0.1, -0.05) is 12.8 Å². The Morgan fingerprint density at radius 2 is 1.46 bits per heavy atom. The number of carbonyl (C=O) groups excluding carboxylic acids is 2. The van der Waals surface area contributed by atoms with Gasteiger partial charge in [0.05, 0.1) is 0 Å². The molecule has 0 saturated carbocycles. The molecule has 0 aromatic rings. The molecule has 0 aliphatic rings. The maximum Gasteiger partial charge on any atom is 0.408 e. The lowest BCUT2D eigenvalue weighted by Gasteiger charge is -2.22.